The molecule has 1 aromatic heterocycles. The fraction of sp³-hybridized carbons (Fsp3) is 0.769. The Labute approximate surface area is 119 Å². The third-order valence-corrected chi connectivity index (χ3v) is 2.91. The van der Waals surface area contributed by atoms with Gasteiger partial charge in [-0.1, -0.05) is 13.3 Å². The van der Waals surface area contributed by atoms with Gasteiger partial charge in [-0.05, 0) is 27.2 Å². The van der Waals surface area contributed by atoms with E-state index in [0.717, 1.165) is 19.4 Å². The summed E-state index contributed by atoms with van der Waals surface area (Å²) >= 11 is 0. The standard InChI is InChI=1S/C13H24N4O3/c1-5-6-8-20-9-7-14-13-12(17(18)19)11(4)15-16(13)10(2)3/h10,14H,5-9H2,1-4H3. The maximum Gasteiger partial charge on any atom is 0.333 e. The Balaban J connectivity index is 2.69. The summed E-state index contributed by atoms with van der Waals surface area (Å²) in [4.78, 5) is 10.7. The van der Waals surface area contributed by atoms with Gasteiger partial charge in [-0.3, -0.25) is 10.1 Å². The van der Waals surface area contributed by atoms with Gasteiger partial charge in [0.05, 0.1) is 11.5 Å². The summed E-state index contributed by atoms with van der Waals surface area (Å²) in [6.07, 6.45) is 2.13. The summed E-state index contributed by atoms with van der Waals surface area (Å²) in [7, 11) is 0. The van der Waals surface area contributed by atoms with Gasteiger partial charge in [0.25, 0.3) is 0 Å². The molecule has 0 bridgehead atoms. The Morgan fingerprint density at radius 3 is 2.70 bits per heavy atom. The van der Waals surface area contributed by atoms with E-state index in [9.17, 15) is 10.1 Å². The van der Waals surface area contributed by atoms with Crippen molar-refractivity contribution in [3.05, 3.63) is 15.8 Å². The molecule has 0 unspecified atom stereocenters. The molecule has 7 nitrogen and oxygen atoms in total. The van der Waals surface area contributed by atoms with E-state index < -0.39 is 0 Å². The molecule has 0 aromatic carbocycles. The molecule has 1 N–H and O–H groups in total. The second kappa shape index (κ2) is 7.84. The van der Waals surface area contributed by atoms with Crippen molar-refractivity contribution in [1.29, 1.82) is 0 Å². The second-order valence-electron chi connectivity index (χ2n) is 4.97. The lowest BCUT2D eigenvalue weighted by atomic mass is 10.3. The number of nitrogens with zero attached hydrogens (tertiary/aromatic N) is 3. The summed E-state index contributed by atoms with van der Waals surface area (Å²) in [5.41, 5.74) is 0.477. The van der Waals surface area contributed by atoms with Crippen LogP contribution in [0.5, 0.6) is 0 Å². The summed E-state index contributed by atoms with van der Waals surface area (Å²) in [6, 6.07) is 0.0610. The highest BCUT2D eigenvalue weighted by Crippen LogP contribution is 2.30. The molecular weight excluding hydrogens is 260 g/mol. The number of aromatic nitrogens is 2. The molecule has 0 fully saturated rings. The molecule has 0 radical (unpaired) electrons. The van der Waals surface area contributed by atoms with E-state index in [0.29, 0.717) is 24.7 Å². The van der Waals surface area contributed by atoms with Gasteiger partial charge < -0.3 is 10.1 Å². The van der Waals surface area contributed by atoms with E-state index in [-0.39, 0.29) is 16.7 Å². The number of nitrogens with one attached hydrogen (secondary N) is 1. The van der Waals surface area contributed by atoms with Gasteiger partial charge >= 0.3 is 5.69 Å². The van der Waals surface area contributed by atoms with Crippen molar-refractivity contribution in [1.82, 2.24) is 9.78 Å². The van der Waals surface area contributed by atoms with Gasteiger partial charge in [-0.2, -0.15) is 5.10 Å². The largest absolute Gasteiger partial charge is 0.380 e. The Morgan fingerprint density at radius 1 is 1.45 bits per heavy atom. The summed E-state index contributed by atoms with van der Waals surface area (Å²) in [5, 5.41) is 18.4. The topological polar surface area (TPSA) is 82.2 Å². The molecular formula is C13H24N4O3. The van der Waals surface area contributed by atoms with Crippen LogP contribution in [0.25, 0.3) is 0 Å². The van der Waals surface area contributed by atoms with Crippen molar-refractivity contribution in [2.45, 2.75) is 46.6 Å². The normalized spacial score (nSPS) is 11.1. The van der Waals surface area contributed by atoms with Crippen LogP contribution in [0.1, 0.15) is 45.3 Å². The van der Waals surface area contributed by atoms with Crippen molar-refractivity contribution in [3.8, 4) is 0 Å². The lowest BCUT2D eigenvalue weighted by Crippen LogP contribution is -2.15. The average Bonchev–Trinajstić information content (AvgIpc) is 2.71. The van der Waals surface area contributed by atoms with Crippen molar-refractivity contribution in [3.63, 3.8) is 0 Å². The fourth-order valence-electron chi connectivity index (χ4n) is 1.89. The van der Waals surface area contributed by atoms with Gasteiger partial charge in [-0.15, -0.1) is 0 Å². The van der Waals surface area contributed by atoms with Gasteiger partial charge in [0.15, 0.2) is 0 Å². The van der Waals surface area contributed by atoms with Crippen LogP contribution < -0.4 is 5.32 Å². The van der Waals surface area contributed by atoms with Crippen LogP contribution in [0.3, 0.4) is 0 Å². The summed E-state index contributed by atoms with van der Waals surface area (Å²) in [5.74, 6) is 0.460. The van der Waals surface area contributed by atoms with E-state index in [2.05, 4.69) is 17.3 Å². The molecule has 1 heterocycles. The Hall–Kier alpha value is -1.63. The van der Waals surface area contributed by atoms with Gasteiger partial charge in [0, 0.05) is 19.2 Å². The maximum absolute atomic E-state index is 11.1. The second-order valence-corrected chi connectivity index (χ2v) is 4.97. The highest BCUT2D eigenvalue weighted by Gasteiger charge is 2.26. The first-order chi connectivity index (χ1) is 9.49. The summed E-state index contributed by atoms with van der Waals surface area (Å²) < 4.78 is 7.09. The van der Waals surface area contributed by atoms with Crippen molar-refractivity contribution in [2.75, 3.05) is 25.1 Å². The monoisotopic (exact) mass is 284 g/mol. The van der Waals surface area contributed by atoms with Crippen LogP contribution in [0.4, 0.5) is 11.5 Å². The van der Waals surface area contributed by atoms with E-state index >= 15 is 0 Å². The van der Waals surface area contributed by atoms with Crippen LogP contribution in [-0.4, -0.2) is 34.5 Å². The molecule has 0 saturated carbocycles. The predicted octanol–water partition coefficient (Wildman–Crippen LogP) is 2.91. The first kappa shape index (κ1) is 16.4. The molecule has 0 aliphatic carbocycles. The minimum atomic E-state index is -0.387. The van der Waals surface area contributed by atoms with E-state index in [4.69, 9.17) is 4.74 Å². The molecule has 0 atom stereocenters. The number of hydrogen-bond donors (Lipinski definition) is 1. The van der Waals surface area contributed by atoms with Gasteiger partial charge in [0.1, 0.15) is 5.69 Å². The lowest BCUT2D eigenvalue weighted by molar-refractivity contribution is -0.384. The van der Waals surface area contributed by atoms with E-state index in [1.165, 1.54) is 0 Å². The van der Waals surface area contributed by atoms with Crippen LogP contribution in [0, 0.1) is 17.0 Å². The highest BCUT2D eigenvalue weighted by atomic mass is 16.6. The lowest BCUT2D eigenvalue weighted by Gasteiger charge is -2.12. The first-order valence-corrected chi connectivity index (χ1v) is 7.04. The van der Waals surface area contributed by atoms with Crippen LogP contribution in [0.2, 0.25) is 0 Å². The quantitative estimate of drug-likeness (QED) is 0.428. The molecule has 0 amide bonds. The SMILES string of the molecule is CCCCOCCNc1c([N+](=O)[O-])c(C)nn1C(C)C. The zero-order valence-electron chi connectivity index (χ0n) is 12.7. The van der Waals surface area contributed by atoms with E-state index in [1.54, 1.807) is 11.6 Å². The third-order valence-electron chi connectivity index (χ3n) is 2.91. The van der Waals surface area contributed by atoms with Crippen LogP contribution in [0.15, 0.2) is 0 Å². The molecule has 0 aliphatic heterocycles. The molecule has 0 saturated heterocycles. The first-order valence-electron chi connectivity index (χ1n) is 7.04. The number of aryl methyl sites for hydroxylation is 1. The molecule has 7 heteroatoms. The molecule has 0 aliphatic rings. The molecule has 114 valence electrons. The van der Waals surface area contributed by atoms with E-state index in [1.807, 2.05) is 13.8 Å². The van der Waals surface area contributed by atoms with Crippen molar-refractivity contribution < 1.29 is 9.66 Å². The number of rotatable bonds is 9. The number of nitro groups is 1. The number of unbranched alkanes of at least 4 members (excludes halogenated alkanes) is 1. The Morgan fingerprint density at radius 2 is 2.15 bits per heavy atom. The maximum atomic E-state index is 11.1. The molecule has 20 heavy (non-hydrogen) atoms. The molecule has 1 aromatic rings. The minimum Gasteiger partial charge on any atom is -0.380 e. The van der Waals surface area contributed by atoms with Gasteiger partial charge in [0.2, 0.25) is 5.82 Å². The zero-order valence-corrected chi connectivity index (χ0v) is 12.7. The highest BCUT2D eigenvalue weighted by molar-refractivity contribution is 5.59. The minimum absolute atomic E-state index is 0.0484. The molecule has 1 rings (SSSR count). The van der Waals surface area contributed by atoms with Crippen LogP contribution >= 0.6 is 0 Å². The van der Waals surface area contributed by atoms with Gasteiger partial charge in [-0.25, -0.2) is 4.68 Å². The Kier molecular flexibility index (Phi) is 6.44. The Bertz CT molecular complexity index is 443. The fourth-order valence-corrected chi connectivity index (χ4v) is 1.89. The average molecular weight is 284 g/mol. The number of hydrogen-bond acceptors (Lipinski definition) is 5. The molecule has 0 spiro atoms. The van der Waals surface area contributed by atoms with Crippen LogP contribution in [-0.2, 0) is 4.74 Å². The summed E-state index contributed by atoms with van der Waals surface area (Å²) in [6.45, 7) is 9.43. The van der Waals surface area contributed by atoms with Crippen molar-refractivity contribution in [2.24, 2.45) is 0 Å². The smallest absolute Gasteiger partial charge is 0.333 e. The third kappa shape index (κ3) is 4.19. The predicted molar refractivity (Wildman–Crippen MR) is 78.2 cm³/mol. The number of anilines is 1. The number of ether oxygens (including phenoxy) is 1. The van der Waals surface area contributed by atoms with Crippen molar-refractivity contribution >= 4 is 11.5 Å². The zero-order chi connectivity index (χ0) is 15.1.